The molecule has 2 aromatic rings. The van der Waals surface area contributed by atoms with Gasteiger partial charge in [0, 0.05) is 18.9 Å². The highest BCUT2D eigenvalue weighted by atomic mass is 35.5. The van der Waals surface area contributed by atoms with Crippen LogP contribution in [0.3, 0.4) is 0 Å². The van der Waals surface area contributed by atoms with Gasteiger partial charge in [0.15, 0.2) is 0 Å². The second-order valence-electron chi connectivity index (χ2n) is 5.47. The number of halogens is 1. The van der Waals surface area contributed by atoms with Crippen LogP contribution in [0.2, 0.25) is 5.02 Å². The zero-order valence-corrected chi connectivity index (χ0v) is 13.2. The van der Waals surface area contributed by atoms with E-state index in [-0.39, 0.29) is 5.92 Å². The maximum atomic E-state index is 10.1. The van der Waals surface area contributed by atoms with Crippen molar-refractivity contribution in [2.24, 2.45) is 5.92 Å². The molecule has 0 aliphatic carbocycles. The molecule has 2 heterocycles. The molecule has 20 heavy (non-hydrogen) atoms. The minimum absolute atomic E-state index is 0.206. The van der Waals surface area contributed by atoms with Crippen molar-refractivity contribution in [2.45, 2.75) is 46.9 Å². The molecule has 110 valence electrons. The van der Waals surface area contributed by atoms with Crippen LogP contribution in [0.15, 0.2) is 18.5 Å². The Balaban J connectivity index is 2.23. The maximum absolute atomic E-state index is 10.1. The molecule has 0 saturated carbocycles. The molecule has 5 heteroatoms. The number of rotatable bonds is 5. The molecule has 0 aliphatic heterocycles. The Bertz CT molecular complexity index is 586. The minimum Gasteiger partial charge on any atom is -0.388 e. The van der Waals surface area contributed by atoms with Gasteiger partial charge in [0.1, 0.15) is 0 Å². The number of aryl methyl sites for hydroxylation is 2. The van der Waals surface area contributed by atoms with E-state index in [1.165, 1.54) is 0 Å². The third-order valence-corrected chi connectivity index (χ3v) is 4.02. The standard InChI is InChI=1S/C15H22ClN3O/c1-5-19-13(14(16)11(4)17-19)9-18-7-6-12(8-18)15(20)10(2)3/h6-8,10,15,20H,5,9H2,1-4H3. The van der Waals surface area contributed by atoms with E-state index < -0.39 is 6.10 Å². The van der Waals surface area contributed by atoms with Gasteiger partial charge in [-0.25, -0.2) is 0 Å². The van der Waals surface area contributed by atoms with Crippen LogP contribution < -0.4 is 0 Å². The van der Waals surface area contributed by atoms with Gasteiger partial charge in [0.25, 0.3) is 0 Å². The van der Waals surface area contributed by atoms with Crippen LogP contribution >= 0.6 is 11.6 Å². The average molecular weight is 296 g/mol. The quantitative estimate of drug-likeness (QED) is 0.918. The Morgan fingerprint density at radius 3 is 2.70 bits per heavy atom. The zero-order chi connectivity index (χ0) is 14.9. The Morgan fingerprint density at radius 1 is 1.40 bits per heavy atom. The van der Waals surface area contributed by atoms with Gasteiger partial charge in [-0.1, -0.05) is 25.4 Å². The highest BCUT2D eigenvalue weighted by molar-refractivity contribution is 6.31. The highest BCUT2D eigenvalue weighted by Crippen LogP contribution is 2.24. The number of aliphatic hydroxyl groups excluding tert-OH is 1. The summed E-state index contributed by atoms with van der Waals surface area (Å²) in [6.07, 6.45) is 3.52. The smallest absolute Gasteiger partial charge is 0.0865 e. The third kappa shape index (κ3) is 2.91. The minimum atomic E-state index is -0.426. The van der Waals surface area contributed by atoms with E-state index in [4.69, 9.17) is 11.6 Å². The summed E-state index contributed by atoms with van der Waals surface area (Å²) in [5.41, 5.74) is 2.81. The number of hydrogen-bond acceptors (Lipinski definition) is 2. The first-order valence-electron chi connectivity index (χ1n) is 6.99. The first kappa shape index (κ1) is 15.1. The number of nitrogens with zero attached hydrogens (tertiary/aromatic N) is 3. The topological polar surface area (TPSA) is 43.0 Å². The van der Waals surface area contributed by atoms with Crippen LogP contribution in [0.1, 0.15) is 43.8 Å². The molecule has 1 atom stereocenters. The Kier molecular flexibility index (Phi) is 4.55. The molecule has 0 amide bonds. The predicted octanol–water partition coefficient (Wildman–Crippen LogP) is 3.40. The molecule has 1 N–H and O–H groups in total. The van der Waals surface area contributed by atoms with Gasteiger partial charge in [0.05, 0.1) is 29.1 Å². The number of aromatic nitrogens is 3. The highest BCUT2D eigenvalue weighted by Gasteiger charge is 2.15. The van der Waals surface area contributed by atoms with Crippen molar-refractivity contribution in [1.82, 2.24) is 14.3 Å². The van der Waals surface area contributed by atoms with Gasteiger partial charge in [-0.3, -0.25) is 4.68 Å². The van der Waals surface area contributed by atoms with E-state index >= 15 is 0 Å². The molecule has 4 nitrogen and oxygen atoms in total. The summed E-state index contributed by atoms with van der Waals surface area (Å²) in [4.78, 5) is 0. The summed E-state index contributed by atoms with van der Waals surface area (Å²) >= 11 is 6.32. The molecule has 0 fully saturated rings. The van der Waals surface area contributed by atoms with Crippen molar-refractivity contribution >= 4 is 11.6 Å². The van der Waals surface area contributed by atoms with Crippen LogP contribution in [-0.4, -0.2) is 19.5 Å². The summed E-state index contributed by atoms with van der Waals surface area (Å²) in [6, 6.07) is 1.96. The monoisotopic (exact) mass is 295 g/mol. The van der Waals surface area contributed by atoms with Crippen LogP contribution in [-0.2, 0) is 13.1 Å². The van der Waals surface area contributed by atoms with Crippen molar-refractivity contribution in [3.63, 3.8) is 0 Å². The van der Waals surface area contributed by atoms with E-state index in [0.29, 0.717) is 6.54 Å². The van der Waals surface area contributed by atoms with Crippen molar-refractivity contribution in [3.8, 4) is 0 Å². The summed E-state index contributed by atoms with van der Waals surface area (Å²) in [6.45, 7) is 9.45. The molecule has 0 spiro atoms. The first-order valence-corrected chi connectivity index (χ1v) is 7.37. The SMILES string of the molecule is CCn1nc(C)c(Cl)c1Cn1ccc(C(O)C(C)C)c1. The van der Waals surface area contributed by atoms with Crippen molar-refractivity contribution < 1.29 is 5.11 Å². The summed E-state index contributed by atoms with van der Waals surface area (Å²) in [5, 5.41) is 15.2. The molecule has 0 aromatic carbocycles. The fourth-order valence-corrected chi connectivity index (χ4v) is 2.51. The summed E-state index contributed by atoms with van der Waals surface area (Å²) in [7, 11) is 0. The first-order chi connectivity index (χ1) is 9.43. The van der Waals surface area contributed by atoms with E-state index in [1.807, 2.05) is 48.5 Å². The molecule has 1 unspecified atom stereocenters. The van der Waals surface area contributed by atoms with Gasteiger partial charge in [-0.05, 0) is 31.4 Å². The molecule has 0 saturated heterocycles. The molecule has 0 bridgehead atoms. The number of hydrogen-bond donors (Lipinski definition) is 1. The Labute approximate surface area is 125 Å². The lowest BCUT2D eigenvalue weighted by atomic mass is 10.0. The molecular formula is C15H22ClN3O. The van der Waals surface area contributed by atoms with Crippen molar-refractivity contribution in [1.29, 1.82) is 0 Å². The van der Waals surface area contributed by atoms with Crippen LogP contribution in [0, 0.1) is 12.8 Å². The lowest BCUT2D eigenvalue weighted by Crippen LogP contribution is -2.08. The van der Waals surface area contributed by atoms with Crippen LogP contribution in [0.25, 0.3) is 0 Å². The van der Waals surface area contributed by atoms with Gasteiger partial charge in [-0.15, -0.1) is 0 Å². The van der Waals surface area contributed by atoms with E-state index in [0.717, 1.165) is 28.5 Å². The number of aliphatic hydroxyl groups is 1. The van der Waals surface area contributed by atoms with Crippen molar-refractivity contribution in [3.05, 3.63) is 40.4 Å². The molecule has 0 radical (unpaired) electrons. The van der Waals surface area contributed by atoms with E-state index in [1.54, 1.807) is 0 Å². The second kappa shape index (κ2) is 6.02. The summed E-state index contributed by atoms with van der Waals surface area (Å²) < 4.78 is 3.96. The predicted molar refractivity (Wildman–Crippen MR) is 81.0 cm³/mol. The Morgan fingerprint density at radius 2 is 2.10 bits per heavy atom. The van der Waals surface area contributed by atoms with Gasteiger partial charge < -0.3 is 9.67 Å². The van der Waals surface area contributed by atoms with Crippen LogP contribution in [0.5, 0.6) is 0 Å². The van der Waals surface area contributed by atoms with Crippen LogP contribution in [0.4, 0.5) is 0 Å². The maximum Gasteiger partial charge on any atom is 0.0865 e. The molecule has 0 aliphatic rings. The van der Waals surface area contributed by atoms with Crippen molar-refractivity contribution in [2.75, 3.05) is 0 Å². The van der Waals surface area contributed by atoms with Gasteiger partial charge in [0.2, 0.25) is 0 Å². The van der Waals surface area contributed by atoms with Gasteiger partial charge in [-0.2, -0.15) is 5.10 Å². The second-order valence-corrected chi connectivity index (χ2v) is 5.85. The average Bonchev–Trinajstić information content (AvgIpc) is 2.98. The fourth-order valence-electron chi connectivity index (χ4n) is 2.31. The molecule has 2 rings (SSSR count). The lowest BCUT2D eigenvalue weighted by Gasteiger charge is -2.12. The zero-order valence-electron chi connectivity index (χ0n) is 12.5. The van der Waals surface area contributed by atoms with E-state index in [9.17, 15) is 5.11 Å². The normalized spacial score (nSPS) is 13.2. The molecular weight excluding hydrogens is 274 g/mol. The Hall–Kier alpha value is -1.26. The van der Waals surface area contributed by atoms with E-state index in [2.05, 4.69) is 12.0 Å². The molecule has 2 aromatic heterocycles. The van der Waals surface area contributed by atoms with Gasteiger partial charge >= 0.3 is 0 Å². The summed E-state index contributed by atoms with van der Waals surface area (Å²) in [5.74, 6) is 0.206. The fraction of sp³-hybridized carbons (Fsp3) is 0.533. The third-order valence-electron chi connectivity index (χ3n) is 3.53. The largest absolute Gasteiger partial charge is 0.388 e. The lowest BCUT2D eigenvalue weighted by molar-refractivity contribution is 0.127.